The molecule has 126 valence electrons. The zero-order valence-corrected chi connectivity index (χ0v) is 13.4. The highest BCUT2D eigenvalue weighted by Gasteiger charge is 2.12. The fourth-order valence-corrected chi connectivity index (χ4v) is 2.55. The van der Waals surface area contributed by atoms with Crippen molar-refractivity contribution in [2.45, 2.75) is 6.42 Å². The van der Waals surface area contributed by atoms with Crippen molar-refractivity contribution < 1.29 is 18.7 Å². The fourth-order valence-electron chi connectivity index (χ4n) is 2.55. The third-order valence-electron chi connectivity index (χ3n) is 3.73. The Hall–Kier alpha value is -3.21. The Bertz CT molecular complexity index is 918. The average molecular weight is 337 g/mol. The van der Waals surface area contributed by atoms with Gasteiger partial charge in [-0.25, -0.2) is 4.39 Å². The first-order valence-corrected chi connectivity index (χ1v) is 7.80. The van der Waals surface area contributed by atoms with Crippen LogP contribution in [0.15, 0.2) is 66.7 Å². The van der Waals surface area contributed by atoms with Crippen molar-refractivity contribution in [2.75, 3.05) is 11.9 Å². The summed E-state index contributed by atoms with van der Waals surface area (Å²) in [7, 11) is 0. The lowest BCUT2D eigenvalue weighted by atomic mass is 10.0. The predicted octanol–water partition coefficient (Wildman–Crippen LogP) is 3.70. The quantitative estimate of drug-likeness (QED) is 0.722. The summed E-state index contributed by atoms with van der Waals surface area (Å²) in [6, 6.07) is 19.2. The summed E-state index contributed by atoms with van der Waals surface area (Å²) in [5.41, 5.74) is 0.884. The van der Waals surface area contributed by atoms with Crippen LogP contribution >= 0.6 is 0 Å². The second-order valence-corrected chi connectivity index (χ2v) is 5.50. The number of amides is 1. The maximum absolute atomic E-state index is 13.5. The Morgan fingerprint density at radius 1 is 0.920 bits per heavy atom. The number of hydrogen-bond acceptors (Lipinski definition) is 3. The Morgan fingerprint density at radius 2 is 1.64 bits per heavy atom. The van der Waals surface area contributed by atoms with Gasteiger partial charge in [-0.05, 0) is 28.5 Å². The van der Waals surface area contributed by atoms with E-state index >= 15 is 0 Å². The van der Waals surface area contributed by atoms with E-state index in [2.05, 4.69) is 5.32 Å². The summed E-state index contributed by atoms with van der Waals surface area (Å²) in [6.07, 6.45) is 0.0638. The molecular weight excluding hydrogens is 321 g/mol. The molecule has 0 radical (unpaired) electrons. The number of hydrogen-bond donors (Lipinski definition) is 1. The molecule has 0 aliphatic rings. The number of carbonyl (C=O) groups is 2. The van der Waals surface area contributed by atoms with Crippen molar-refractivity contribution in [1.29, 1.82) is 0 Å². The topological polar surface area (TPSA) is 55.4 Å². The maximum atomic E-state index is 13.5. The molecule has 0 saturated heterocycles. The van der Waals surface area contributed by atoms with Crippen LogP contribution in [0, 0.1) is 5.82 Å². The van der Waals surface area contributed by atoms with Crippen molar-refractivity contribution in [3.63, 3.8) is 0 Å². The van der Waals surface area contributed by atoms with Crippen molar-refractivity contribution in [1.82, 2.24) is 0 Å². The summed E-state index contributed by atoms with van der Waals surface area (Å²) in [5.74, 6) is -1.64. The van der Waals surface area contributed by atoms with E-state index in [1.165, 1.54) is 18.2 Å². The van der Waals surface area contributed by atoms with Crippen LogP contribution < -0.4 is 5.32 Å². The first-order chi connectivity index (χ1) is 12.1. The van der Waals surface area contributed by atoms with E-state index in [1.54, 1.807) is 6.07 Å². The first-order valence-electron chi connectivity index (χ1n) is 7.80. The van der Waals surface area contributed by atoms with E-state index in [-0.39, 0.29) is 12.1 Å². The van der Waals surface area contributed by atoms with Crippen LogP contribution in [0.5, 0.6) is 0 Å². The molecule has 3 aromatic carbocycles. The van der Waals surface area contributed by atoms with E-state index in [9.17, 15) is 14.0 Å². The van der Waals surface area contributed by atoms with Gasteiger partial charge in [-0.2, -0.15) is 0 Å². The Labute approximate surface area is 144 Å². The Kier molecular flexibility index (Phi) is 5.04. The molecule has 0 heterocycles. The summed E-state index contributed by atoms with van der Waals surface area (Å²) >= 11 is 0. The van der Waals surface area contributed by atoms with Crippen LogP contribution in [0.3, 0.4) is 0 Å². The van der Waals surface area contributed by atoms with Gasteiger partial charge in [0, 0.05) is 0 Å². The zero-order valence-electron chi connectivity index (χ0n) is 13.4. The molecule has 3 aromatic rings. The molecule has 0 spiro atoms. The lowest BCUT2D eigenvalue weighted by Gasteiger charge is -2.08. The Balaban J connectivity index is 1.57. The van der Waals surface area contributed by atoms with Gasteiger partial charge in [0.15, 0.2) is 6.61 Å². The molecule has 0 aromatic heterocycles. The highest BCUT2D eigenvalue weighted by atomic mass is 19.1. The molecule has 0 atom stereocenters. The van der Waals surface area contributed by atoms with Crippen molar-refractivity contribution >= 4 is 28.3 Å². The molecule has 0 fully saturated rings. The number of benzene rings is 3. The van der Waals surface area contributed by atoms with Crippen molar-refractivity contribution in [3.05, 3.63) is 78.1 Å². The molecule has 25 heavy (non-hydrogen) atoms. The molecule has 0 saturated carbocycles. The van der Waals surface area contributed by atoms with Gasteiger partial charge in [0.05, 0.1) is 12.1 Å². The van der Waals surface area contributed by atoms with Crippen LogP contribution in [-0.2, 0) is 20.7 Å². The molecule has 3 rings (SSSR count). The fraction of sp³-hybridized carbons (Fsp3) is 0.100. The number of anilines is 1. The van der Waals surface area contributed by atoms with Gasteiger partial charge >= 0.3 is 5.97 Å². The minimum absolute atomic E-state index is 0.0533. The van der Waals surface area contributed by atoms with Crippen LogP contribution in [0.1, 0.15) is 5.56 Å². The molecule has 0 aliphatic carbocycles. The number of carbonyl (C=O) groups excluding carboxylic acids is 2. The molecule has 0 aliphatic heterocycles. The third kappa shape index (κ3) is 4.20. The van der Waals surface area contributed by atoms with Gasteiger partial charge < -0.3 is 10.1 Å². The monoisotopic (exact) mass is 337 g/mol. The van der Waals surface area contributed by atoms with Crippen LogP contribution in [0.2, 0.25) is 0 Å². The number of nitrogens with one attached hydrogen (secondary N) is 1. The third-order valence-corrected chi connectivity index (χ3v) is 3.73. The molecule has 4 nitrogen and oxygen atoms in total. The minimum atomic E-state index is -0.587. The highest BCUT2D eigenvalue weighted by molar-refractivity contribution is 5.93. The van der Waals surface area contributed by atoms with Gasteiger partial charge in [-0.15, -0.1) is 0 Å². The van der Waals surface area contributed by atoms with Crippen LogP contribution in [-0.4, -0.2) is 18.5 Å². The van der Waals surface area contributed by atoms with E-state index in [1.807, 2.05) is 42.5 Å². The molecule has 1 N–H and O–H groups in total. The zero-order chi connectivity index (χ0) is 17.6. The SMILES string of the molecule is O=C(COC(=O)Cc1cccc2ccccc12)Nc1ccccc1F. The van der Waals surface area contributed by atoms with Crippen molar-refractivity contribution in [2.24, 2.45) is 0 Å². The van der Waals surface area contributed by atoms with Crippen molar-refractivity contribution in [3.8, 4) is 0 Å². The van der Waals surface area contributed by atoms with E-state index in [4.69, 9.17) is 4.74 Å². The normalized spacial score (nSPS) is 10.4. The summed E-state index contributed by atoms with van der Waals surface area (Å²) in [6.45, 7) is -0.460. The maximum Gasteiger partial charge on any atom is 0.310 e. The summed E-state index contributed by atoms with van der Waals surface area (Å²) < 4.78 is 18.5. The second kappa shape index (κ2) is 7.57. The second-order valence-electron chi connectivity index (χ2n) is 5.50. The Morgan fingerprint density at radius 3 is 2.48 bits per heavy atom. The lowest BCUT2D eigenvalue weighted by Crippen LogP contribution is -2.22. The molecule has 1 amide bonds. The molecule has 0 unspecified atom stereocenters. The standard InChI is InChI=1S/C20H16FNO3/c21-17-10-3-4-11-18(17)22-19(23)13-25-20(24)12-15-8-5-7-14-6-1-2-9-16(14)15/h1-11H,12-13H2,(H,22,23). The number of fused-ring (bicyclic) bond motifs is 1. The first kappa shape index (κ1) is 16.6. The van der Waals surface area contributed by atoms with E-state index in [0.29, 0.717) is 0 Å². The van der Waals surface area contributed by atoms with Gasteiger partial charge in [-0.3, -0.25) is 9.59 Å². The van der Waals surface area contributed by atoms with Crippen LogP contribution in [0.25, 0.3) is 10.8 Å². The lowest BCUT2D eigenvalue weighted by molar-refractivity contribution is -0.146. The van der Waals surface area contributed by atoms with Gasteiger partial charge in [0.2, 0.25) is 0 Å². The minimum Gasteiger partial charge on any atom is -0.455 e. The van der Waals surface area contributed by atoms with Gasteiger partial charge in [0.25, 0.3) is 5.91 Å². The highest BCUT2D eigenvalue weighted by Crippen LogP contribution is 2.19. The summed E-state index contributed by atoms with van der Waals surface area (Å²) in [4.78, 5) is 23.8. The number of rotatable bonds is 5. The van der Waals surface area contributed by atoms with Gasteiger partial charge in [0.1, 0.15) is 5.82 Å². The van der Waals surface area contributed by atoms with E-state index in [0.717, 1.165) is 16.3 Å². The summed E-state index contributed by atoms with van der Waals surface area (Å²) in [5, 5.41) is 4.37. The average Bonchev–Trinajstić information content (AvgIpc) is 2.62. The number of para-hydroxylation sites is 1. The van der Waals surface area contributed by atoms with Gasteiger partial charge in [-0.1, -0.05) is 54.6 Å². The largest absolute Gasteiger partial charge is 0.455 e. The smallest absolute Gasteiger partial charge is 0.310 e. The molecule has 0 bridgehead atoms. The molecule has 5 heteroatoms. The number of esters is 1. The molecular formula is C20H16FNO3. The number of halogens is 1. The van der Waals surface area contributed by atoms with E-state index < -0.39 is 24.3 Å². The predicted molar refractivity (Wildman–Crippen MR) is 93.6 cm³/mol. The van der Waals surface area contributed by atoms with Crippen LogP contribution in [0.4, 0.5) is 10.1 Å². The number of ether oxygens (including phenoxy) is 1.